The molecule has 0 saturated carbocycles. The number of hydrogen-bond acceptors (Lipinski definition) is 4. The fraction of sp³-hybridized carbons (Fsp3) is 0.375. The number of hydrogen-bond donors (Lipinski definition) is 1. The Bertz CT molecular complexity index is 2380. The molecule has 0 bridgehead atoms. The minimum absolute atomic E-state index is 0. The molecular weight excluding hydrogens is 904 g/mol. The zero-order chi connectivity index (χ0) is 40.4. The zero-order valence-corrected chi connectivity index (χ0v) is 37.3. The number of aryl methyl sites for hydroxylation is 3. The molecular formula is C48H53F3IrNO2S-. The maximum atomic E-state index is 14.4. The van der Waals surface area contributed by atoms with Crippen LogP contribution in [-0.4, -0.2) is 15.9 Å². The third kappa shape index (κ3) is 9.14. The summed E-state index contributed by atoms with van der Waals surface area (Å²) in [5, 5.41) is 14.2. The summed E-state index contributed by atoms with van der Waals surface area (Å²) >= 11 is 1.40. The van der Waals surface area contributed by atoms with Crippen LogP contribution in [0.25, 0.3) is 53.3 Å². The Morgan fingerprint density at radius 2 is 1.43 bits per heavy atom. The zero-order valence-electron chi connectivity index (χ0n) is 34.1. The molecule has 0 atom stereocenters. The number of halogens is 3. The van der Waals surface area contributed by atoms with Crippen LogP contribution in [0.15, 0.2) is 78.7 Å². The number of carbonyl (C=O) groups excluding carboxylic acids is 1. The fourth-order valence-electron chi connectivity index (χ4n) is 7.71. The first-order valence-corrected chi connectivity index (χ1v) is 20.2. The predicted octanol–water partition coefficient (Wildman–Crippen LogP) is 14.8. The number of thiophene rings is 1. The van der Waals surface area contributed by atoms with Gasteiger partial charge in [-0.2, -0.15) is 13.2 Å². The maximum Gasteiger partial charge on any atom is 0.418 e. The molecule has 6 rings (SSSR count). The number of ketones is 1. The van der Waals surface area contributed by atoms with Crippen molar-refractivity contribution in [2.75, 3.05) is 0 Å². The van der Waals surface area contributed by atoms with Gasteiger partial charge in [0, 0.05) is 64.9 Å². The van der Waals surface area contributed by atoms with Gasteiger partial charge in [0.1, 0.15) is 0 Å². The van der Waals surface area contributed by atoms with E-state index in [-0.39, 0.29) is 54.3 Å². The summed E-state index contributed by atoms with van der Waals surface area (Å²) in [5.41, 5.74) is 5.23. The first kappa shape index (κ1) is 44.9. The molecule has 8 heteroatoms. The Morgan fingerprint density at radius 3 is 2.02 bits per heavy atom. The predicted molar refractivity (Wildman–Crippen MR) is 226 cm³/mol. The van der Waals surface area contributed by atoms with Gasteiger partial charge in [0.25, 0.3) is 0 Å². The van der Waals surface area contributed by atoms with Crippen LogP contribution in [0, 0.1) is 38.7 Å². The van der Waals surface area contributed by atoms with E-state index in [4.69, 9.17) is 0 Å². The topological polar surface area (TPSA) is 50.2 Å². The van der Waals surface area contributed by atoms with Crippen molar-refractivity contribution in [2.24, 2.45) is 11.8 Å². The van der Waals surface area contributed by atoms with Gasteiger partial charge in [-0.15, -0.1) is 40.5 Å². The number of aliphatic hydroxyl groups is 1. The molecule has 0 fully saturated rings. The number of aromatic nitrogens is 1. The average molecular weight is 957 g/mol. The fourth-order valence-corrected chi connectivity index (χ4v) is 9.21. The number of allylic oxidation sites excluding steroid dienone is 2. The second-order valence-corrected chi connectivity index (χ2v) is 16.6. The monoisotopic (exact) mass is 957 g/mol. The molecule has 1 N–H and O–H groups in total. The van der Waals surface area contributed by atoms with Crippen molar-refractivity contribution >= 4 is 48.8 Å². The number of carbonyl (C=O) groups is 1. The average Bonchev–Trinajstić information content (AvgIpc) is 3.47. The van der Waals surface area contributed by atoms with Crippen molar-refractivity contribution < 1.29 is 43.2 Å². The molecule has 2 aromatic heterocycles. The van der Waals surface area contributed by atoms with E-state index in [1.807, 2.05) is 71.9 Å². The Morgan fingerprint density at radius 1 is 0.839 bits per heavy atom. The molecule has 0 aliphatic heterocycles. The van der Waals surface area contributed by atoms with Crippen molar-refractivity contribution in [1.29, 1.82) is 0 Å². The molecule has 0 aliphatic carbocycles. The van der Waals surface area contributed by atoms with Crippen LogP contribution in [0.4, 0.5) is 13.2 Å². The summed E-state index contributed by atoms with van der Waals surface area (Å²) in [6.07, 6.45) is 1.38. The van der Waals surface area contributed by atoms with Gasteiger partial charge in [-0.3, -0.25) is 9.78 Å². The molecule has 0 unspecified atom stereocenters. The van der Waals surface area contributed by atoms with E-state index >= 15 is 0 Å². The summed E-state index contributed by atoms with van der Waals surface area (Å²) in [6, 6.07) is 23.9. The normalized spacial score (nSPS) is 12.4. The molecule has 56 heavy (non-hydrogen) atoms. The molecule has 0 amide bonds. The smallest absolute Gasteiger partial charge is 0.418 e. The van der Waals surface area contributed by atoms with Crippen LogP contribution < -0.4 is 0 Å². The van der Waals surface area contributed by atoms with Crippen LogP contribution >= 0.6 is 11.3 Å². The van der Waals surface area contributed by atoms with Crippen molar-refractivity contribution in [3.05, 3.63) is 113 Å². The number of alkyl halides is 3. The van der Waals surface area contributed by atoms with Crippen molar-refractivity contribution in [1.82, 2.24) is 4.98 Å². The van der Waals surface area contributed by atoms with Gasteiger partial charge in [0.2, 0.25) is 0 Å². The largest absolute Gasteiger partial charge is 0.512 e. The van der Waals surface area contributed by atoms with E-state index in [0.717, 1.165) is 80.6 Å². The first-order valence-electron chi connectivity index (χ1n) is 19.3. The minimum Gasteiger partial charge on any atom is -0.512 e. The van der Waals surface area contributed by atoms with Crippen LogP contribution in [0.3, 0.4) is 0 Å². The molecule has 0 spiro atoms. The standard InChI is InChI=1S/C35H29F3NS.C13H24O2.Ir/c1-19-15-22-11-7-9-13-25(22)20(2)29(19)32-21(3)30-28(35(36,37)38)18-39-31(33(30)40-32)24-16-23-12-8-10-14-26(23)27(17-24)34(4,5)6;1-5-10(6-2)12(14)9-13(15)11(7-3)8-4;/h7-15,17-18H,1-6H3;9-11,14H,5-8H2,1-4H3;/q-1;;/b;12-9-;. The van der Waals surface area contributed by atoms with Gasteiger partial charge in [-0.1, -0.05) is 108 Å². The maximum absolute atomic E-state index is 14.4. The summed E-state index contributed by atoms with van der Waals surface area (Å²) in [7, 11) is 0. The molecule has 299 valence electrons. The van der Waals surface area contributed by atoms with Crippen LogP contribution in [0.1, 0.15) is 102 Å². The van der Waals surface area contributed by atoms with E-state index < -0.39 is 11.7 Å². The summed E-state index contributed by atoms with van der Waals surface area (Å²) < 4.78 is 43.7. The van der Waals surface area contributed by atoms with Gasteiger partial charge in [-0.05, 0) is 84.9 Å². The summed E-state index contributed by atoms with van der Waals surface area (Å²) in [4.78, 5) is 17.0. The molecule has 1 radical (unpaired) electrons. The Labute approximate surface area is 347 Å². The van der Waals surface area contributed by atoms with Crippen molar-refractivity contribution in [3.8, 4) is 21.7 Å². The molecule has 4 aromatic carbocycles. The van der Waals surface area contributed by atoms with Crippen molar-refractivity contribution in [2.45, 2.75) is 107 Å². The second-order valence-electron chi connectivity index (χ2n) is 15.6. The first-order chi connectivity index (χ1) is 26.0. The van der Waals surface area contributed by atoms with Gasteiger partial charge in [-0.25, -0.2) is 0 Å². The van der Waals surface area contributed by atoms with Crippen LogP contribution in [0.5, 0.6) is 0 Å². The van der Waals surface area contributed by atoms with Crippen LogP contribution in [0.2, 0.25) is 0 Å². The third-order valence-electron chi connectivity index (χ3n) is 10.9. The van der Waals surface area contributed by atoms with E-state index in [1.54, 1.807) is 0 Å². The Hall–Kier alpha value is -3.84. The van der Waals surface area contributed by atoms with Gasteiger partial charge >= 0.3 is 6.18 Å². The minimum atomic E-state index is -4.52. The van der Waals surface area contributed by atoms with Gasteiger partial charge in [0.15, 0.2) is 5.78 Å². The molecule has 2 heterocycles. The second kappa shape index (κ2) is 18.2. The number of nitrogens with zero attached hydrogens (tertiary/aromatic N) is 1. The van der Waals surface area contributed by atoms with E-state index in [1.165, 1.54) is 17.4 Å². The van der Waals surface area contributed by atoms with E-state index in [9.17, 15) is 23.1 Å². The summed E-state index contributed by atoms with van der Waals surface area (Å²) in [5.74, 6) is 0.547. The molecule has 0 saturated heterocycles. The van der Waals surface area contributed by atoms with E-state index in [2.05, 4.69) is 69.1 Å². The Kier molecular flexibility index (Phi) is 14.6. The Balaban J connectivity index is 0.000000372. The van der Waals surface area contributed by atoms with Crippen molar-refractivity contribution in [3.63, 3.8) is 0 Å². The quantitative estimate of drug-likeness (QED) is 0.0892. The molecule has 6 aromatic rings. The van der Waals surface area contributed by atoms with Crippen LogP contribution in [-0.2, 0) is 36.5 Å². The van der Waals surface area contributed by atoms with Gasteiger partial charge in [0.05, 0.1) is 11.3 Å². The third-order valence-corrected chi connectivity index (χ3v) is 12.2. The number of rotatable bonds is 9. The molecule has 0 aliphatic rings. The molecule has 3 nitrogen and oxygen atoms in total. The number of fused-ring (bicyclic) bond motifs is 3. The summed E-state index contributed by atoms with van der Waals surface area (Å²) in [6.45, 7) is 20.4. The number of aliphatic hydroxyl groups excluding tert-OH is 1. The number of pyridine rings is 1. The SMILES string of the molecule is CCC(CC)C(=O)/C=C(\O)C(CC)CC.Cc1cc2ccccc2c(C)c1-c1sc2c(-c3[c-]c4ccccc4c(C(C)(C)C)c3)ncc(C(F)(F)F)c2c1C.[Ir]. The van der Waals surface area contributed by atoms with E-state index in [0.29, 0.717) is 21.5 Å². The number of benzene rings is 4. The van der Waals surface area contributed by atoms with Gasteiger partial charge < -0.3 is 5.11 Å².